The van der Waals surface area contributed by atoms with Gasteiger partial charge in [-0.05, 0) is 18.6 Å². The zero-order chi connectivity index (χ0) is 14.5. The first-order valence-electron chi connectivity index (χ1n) is 7.41. The Morgan fingerprint density at radius 2 is 1.55 bits per heavy atom. The van der Waals surface area contributed by atoms with E-state index in [4.69, 9.17) is 0 Å². The second-order valence-electron chi connectivity index (χ2n) is 5.47. The van der Waals surface area contributed by atoms with Crippen LogP contribution in [0, 0.1) is 0 Å². The van der Waals surface area contributed by atoms with Crippen LogP contribution in [0.25, 0.3) is 0 Å². The fourth-order valence-corrected chi connectivity index (χ4v) is 2.58. The molecule has 1 atom stereocenters. The first kappa shape index (κ1) is 14.7. The number of imide groups is 1. The van der Waals surface area contributed by atoms with Crippen molar-refractivity contribution in [1.82, 2.24) is 4.90 Å². The number of hydrogen-bond acceptors (Lipinski definition) is 2. The maximum absolute atomic E-state index is 12.2. The van der Waals surface area contributed by atoms with E-state index in [1.807, 2.05) is 0 Å². The van der Waals surface area contributed by atoms with Crippen molar-refractivity contribution in [1.29, 1.82) is 0 Å². The van der Waals surface area contributed by atoms with E-state index < -0.39 is 0 Å². The molecular weight excluding hydrogens is 252 g/mol. The Kier molecular flexibility index (Phi) is 4.90. The van der Waals surface area contributed by atoms with Crippen LogP contribution >= 0.6 is 0 Å². The van der Waals surface area contributed by atoms with Gasteiger partial charge in [0.2, 0.25) is 0 Å². The van der Waals surface area contributed by atoms with E-state index in [9.17, 15) is 9.59 Å². The number of amides is 2. The van der Waals surface area contributed by atoms with E-state index in [-0.39, 0.29) is 11.8 Å². The van der Waals surface area contributed by atoms with Gasteiger partial charge in [0, 0.05) is 13.0 Å². The van der Waals surface area contributed by atoms with Gasteiger partial charge in [0.15, 0.2) is 0 Å². The van der Waals surface area contributed by atoms with Gasteiger partial charge in [0.05, 0.1) is 31.3 Å². The number of quaternary nitrogens is 1. The van der Waals surface area contributed by atoms with Crippen LogP contribution in [-0.2, 0) is 0 Å². The van der Waals surface area contributed by atoms with Gasteiger partial charge in [-0.1, -0.05) is 25.5 Å². The van der Waals surface area contributed by atoms with Gasteiger partial charge in [0.1, 0.15) is 0 Å². The van der Waals surface area contributed by atoms with Crippen LogP contribution < -0.4 is 4.90 Å². The van der Waals surface area contributed by atoms with E-state index in [0.717, 1.165) is 19.5 Å². The molecule has 108 valence electrons. The largest absolute Gasteiger partial charge is 0.337 e. The van der Waals surface area contributed by atoms with Crippen molar-refractivity contribution >= 4 is 11.8 Å². The van der Waals surface area contributed by atoms with Crippen molar-refractivity contribution in [3.05, 3.63) is 35.4 Å². The Labute approximate surface area is 120 Å². The molecule has 0 spiro atoms. The van der Waals surface area contributed by atoms with E-state index in [1.165, 1.54) is 22.6 Å². The van der Waals surface area contributed by atoms with Crippen LogP contribution in [-0.4, -0.2) is 43.4 Å². The van der Waals surface area contributed by atoms with Crippen molar-refractivity contribution in [3.63, 3.8) is 0 Å². The molecule has 2 rings (SSSR count). The highest BCUT2D eigenvalue weighted by Gasteiger charge is 2.34. The monoisotopic (exact) mass is 275 g/mol. The maximum Gasteiger partial charge on any atom is 0.261 e. The first-order valence-corrected chi connectivity index (χ1v) is 7.41. The highest BCUT2D eigenvalue weighted by molar-refractivity contribution is 6.21. The Morgan fingerprint density at radius 1 is 1.00 bits per heavy atom. The summed E-state index contributed by atoms with van der Waals surface area (Å²) in [5, 5.41) is 0. The number of benzene rings is 1. The van der Waals surface area contributed by atoms with Crippen LogP contribution in [0.15, 0.2) is 24.3 Å². The highest BCUT2D eigenvalue weighted by Crippen LogP contribution is 2.22. The Hall–Kier alpha value is -1.68. The van der Waals surface area contributed by atoms with Crippen LogP contribution in [0.1, 0.15) is 46.9 Å². The third kappa shape index (κ3) is 3.07. The Morgan fingerprint density at radius 3 is 2.10 bits per heavy atom. The van der Waals surface area contributed by atoms with E-state index in [1.54, 1.807) is 24.3 Å². The SMILES string of the molecule is CCCC[NH+](C)CCCN1C(=O)c2ccccc2C1=O. The van der Waals surface area contributed by atoms with Crippen LogP contribution in [0.2, 0.25) is 0 Å². The minimum absolute atomic E-state index is 0.142. The van der Waals surface area contributed by atoms with Crippen LogP contribution in [0.5, 0.6) is 0 Å². The third-order valence-electron chi connectivity index (χ3n) is 3.82. The smallest absolute Gasteiger partial charge is 0.261 e. The van der Waals surface area contributed by atoms with Crippen molar-refractivity contribution in [2.24, 2.45) is 0 Å². The molecule has 1 unspecified atom stereocenters. The molecule has 1 heterocycles. The van der Waals surface area contributed by atoms with Crippen molar-refractivity contribution in [3.8, 4) is 0 Å². The molecule has 4 heteroatoms. The number of rotatable bonds is 7. The number of nitrogens with one attached hydrogen (secondary N) is 1. The van der Waals surface area contributed by atoms with Gasteiger partial charge in [-0.3, -0.25) is 14.5 Å². The summed E-state index contributed by atoms with van der Waals surface area (Å²) in [5.74, 6) is -0.284. The number of hydrogen-bond donors (Lipinski definition) is 1. The zero-order valence-corrected chi connectivity index (χ0v) is 12.3. The summed E-state index contributed by atoms with van der Waals surface area (Å²) >= 11 is 0. The first-order chi connectivity index (χ1) is 9.65. The van der Waals surface area contributed by atoms with Crippen LogP contribution in [0.4, 0.5) is 0 Å². The second kappa shape index (κ2) is 6.66. The molecule has 4 nitrogen and oxygen atoms in total. The lowest BCUT2D eigenvalue weighted by atomic mass is 10.1. The maximum atomic E-state index is 12.2. The number of fused-ring (bicyclic) bond motifs is 1. The summed E-state index contributed by atoms with van der Waals surface area (Å²) in [4.78, 5) is 27.2. The molecule has 0 aromatic heterocycles. The molecule has 0 aliphatic carbocycles. The molecule has 1 aliphatic heterocycles. The molecule has 0 saturated heterocycles. The summed E-state index contributed by atoms with van der Waals surface area (Å²) in [6.45, 7) is 4.86. The Balaban J connectivity index is 1.86. The highest BCUT2D eigenvalue weighted by atomic mass is 16.2. The van der Waals surface area contributed by atoms with Gasteiger partial charge < -0.3 is 4.90 Å². The normalized spacial score (nSPS) is 15.6. The lowest BCUT2D eigenvalue weighted by Crippen LogP contribution is -3.09. The Bertz CT molecular complexity index is 464. The molecule has 1 aromatic carbocycles. The number of unbranched alkanes of at least 4 members (excludes halogenated alkanes) is 1. The lowest BCUT2D eigenvalue weighted by molar-refractivity contribution is -0.880. The van der Waals surface area contributed by atoms with E-state index in [2.05, 4.69) is 14.0 Å². The summed E-state index contributed by atoms with van der Waals surface area (Å²) in [7, 11) is 2.16. The topological polar surface area (TPSA) is 41.8 Å². The number of carbonyl (C=O) groups is 2. The van der Waals surface area contributed by atoms with E-state index in [0.29, 0.717) is 17.7 Å². The average molecular weight is 275 g/mol. The fourth-order valence-electron chi connectivity index (χ4n) is 2.58. The molecule has 1 aliphatic rings. The molecule has 1 N–H and O–H groups in total. The molecule has 0 bridgehead atoms. The summed E-state index contributed by atoms with van der Waals surface area (Å²) in [6, 6.07) is 7.06. The fraction of sp³-hybridized carbons (Fsp3) is 0.500. The van der Waals surface area contributed by atoms with Gasteiger partial charge in [-0.25, -0.2) is 0 Å². The van der Waals surface area contributed by atoms with Crippen molar-refractivity contribution in [2.45, 2.75) is 26.2 Å². The number of nitrogens with zero attached hydrogens (tertiary/aromatic N) is 1. The molecule has 0 saturated carbocycles. The minimum atomic E-state index is -0.142. The molecule has 2 amide bonds. The zero-order valence-electron chi connectivity index (χ0n) is 12.3. The molecule has 0 fully saturated rings. The molecule has 1 aromatic rings. The van der Waals surface area contributed by atoms with Gasteiger partial charge >= 0.3 is 0 Å². The second-order valence-corrected chi connectivity index (χ2v) is 5.47. The summed E-state index contributed by atoms with van der Waals surface area (Å²) in [5.41, 5.74) is 1.09. The van der Waals surface area contributed by atoms with Crippen molar-refractivity contribution < 1.29 is 14.5 Å². The predicted octanol–water partition coefficient (Wildman–Crippen LogP) is 0.988. The standard InChI is InChI=1S/C16H22N2O2/c1-3-4-10-17(2)11-7-12-18-15(19)13-8-5-6-9-14(13)16(18)20/h5-6,8-9H,3-4,7,10-12H2,1-2H3/p+1. The van der Waals surface area contributed by atoms with Crippen molar-refractivity contribution in [2.75, 3.05) is 26.7 Å². The number of carbonyl (C=O) groups excluding carboxylic acids is 2. The molecule has 0 radical (unpaired) electrons. The summed E-state index contributed by atoms with van der Waals surface area (Å²) < 4.78 is 0. The third-order valence-corrected chi connectivity index (χ3v) is 3.82. The van der Waals surface area contributed by atoms with Gasteiger partial charge in [-0.2, -0.15) is 0 Å². The summed E-state index contributed by atoms with van der Waals surface area (Å²) in [6.07, 6.45) is 3.29. The quantitative estimate of drug-likeness (QED) is 0.754. The van der Waals surface area contributed by atoms with E-state index >= 15 is 0 Å². The van der Waals surface area contributed by atoms with Gasteiger partial charge in [0.25, 0.3) is 11.8 Å². The molecule has 20 heavy (non-hydrogen) atoms. The lowest BCUT2D eigenvalue weighted by Gasteiger charge is -2.17. The average Bonchev–Trinajstić information content (AvgIpc) is 2.70. The molecular formula is C16H23N2O2+. The predicted molar refractivity (Wildman–Crippen MR) is 78.0 cm³/mol. The van der Waals surface area contributed by atoms with Crippen LogP contribution in [0.3, 0.4) is 0 Å². The minimum Gasteiger partial charge on any atom is -0.337 e. The van der Waals surface area contributed by atoms with Gasteiger partial charge in [-0.15, -0.1) is 0 Å².